The fourth-order valence-electron chi connectivity index (χ4n) is 1.31. The molecule has 1 rings (SSSR count). The van der Waals surface area contributed by atoms with Gasteiger partial charge < -0.3 is 10.0 Å². The highest BCUT2D eigenvalue weighted by atomic mass is 127. The molecule has 1 N–H and O–H groups in total. The SMILES string of the molecule is Cc1ccc(C(=O)N(C)CCC(=O)O)cc1I. The van der Waals surface area contributed by atoms with Crippen molar-refractivity contribution in [2.75, 3.05) is 13.6 Å². The average molecular weight is 347 g/mol. The van der Waals surface area contributed by atoms with E-state index in [0.717, 1.165) is 9.13 Å². The highest BCUT2D eigenvalue weighted by molar-refractivity contribution is 14.1. The number of carbonyl (C=O) groups is 2. The van der Waals surface area contributed by atoms with Gasteiger partial charge in [0, 0.05) is 22.7 Å². The van der Waals surface area contributed by atoms with Crippen molar-refractivity contribution in [3.8, 4) is 0 Å². The molecule has 0 aliphatic rings. The van der Waals surface area contributed by atoms with Gasteiger partial charge in [-0.25, -0.2) is 0 Å². The molecule has 0 aliphatic carbocycles. The minimum absolute atomic E-state index is 0.0365. The molecule has 0 aliphatic heterocycles. The lowest BCUT2D eigenvalue weighted by Crippen LogP contribution is -2.29. The van der Waals surface area contributed by atoms with Crippen LogP contribution < -0.4 is 0 Å². The van der Waals surface area contributed by atoms with Crippen molar-refractivity contribution in [3.05, 3.63) is 32.9 Å². The third-order valence-corrected chi connectivity index (χ3v) is 3.59. The first kappa shape index (κ1) is 14.0. The van der Waals surface area contributed by atoms with E-state index in [1.165, 1.54) is 4.90 Å². The summed E-state index contributed by atoms with van der Waals surface area (Å²) < 4.78 is 1.03. The molecule has 1 aromatic rings. The molecule has 0 aromatic heterocycles. The summed E-state index contributed by atoms with van der Waals surface area (Å²) in [6.07, 6.45) is -0.0365. The molecule has 0 spiro atoms. The quantitative estimate of drug-likeness (QED) is 0.850. The molecule has 0 saturated heterocycles. The third kappa shape index (κ3) is 3.99. The van der Waals surface area contributed by atoms with Gasteiger partial charge in [-0.05, 0) is 47.2 Å². The lowest BCUT2D eigenvalue weighted by atomic mass is 10.1. The lowest BCUT2D eigenvalue weighted by Gasteiger charge is -2.16. The van der Waals surface area contributed by atoms with E-state index in [4.69, 9.17) is 5.11 Å². The van der Waals surface area contributed by atoms with Crippen molar-refractivity contribution < 1.29 is 14.7 Å². The summed E-state index contributed by atoms with van der Waals surface area (Å²) in [7, 11) is 1.61. The number of rotatable bonds is 4. The number of amides is 1. The van der Waals surface area contributed by atoms with Crippen LogP contribution in [-0.2, 0) is 4.79 Å². The fraction of sp³-hybridized carbons (Fsp3) is 0.333. The van der Waals surface area contributed by atoms with Crippen LogP contribution in [-0.4, -0.2) is 35.5 Å². The van der Waals surface area contributed by atoms with Crippen LogP contribution in [0.3, 0.4) is 0 Å². The fourth-order valence-corrected chi connectivity index (χ4v) is 1.83. The number of nitrogens with zero attached hydrogens (tertiary/aromatic N) is 1. The first-order valence-electron chi connectivity index (χ1n) is 5.15. The Kier molecular flexibility index (Phi) is 4.92. The van der Waals surface area contributed by atoms with Crippen LogP contribution in [0, 0.1) is 10.5 Å². The minimum Gasteiger partial charge on any atom is -0.481 e. The maximum atomic E-state index is 12.0. The van der Waals surface area contributed by atoms with E-state index >= 15 is 0 Å². The summed E-state index contributed by atoms with van der Waals surface area (Å²) in [6, 6.07) is 5.46. The van der Waals surface area contributed by atoms with Gasteiger partial charge in [-0.15, -0.1) is 0 Å². The number of halogens is 1. The van der Waals surface area contributed by atoms with E-state index in [1.807, 2.05) is 19.1 Å². The third-order valence-electron chi connectivity index (χ3n) is 2.43. The minimum atomic E-state index is -0.900. The second-order valence-corrected chi connectivity index (χ2v) is 5.00. The molecule has 5 heteroatoms. The number of hydrogen-bond acceptors (Lipinski definition) is 2. The van der Waals surface area contributed by atoms with Gasteiger partial charge >= 0.3 is 5.97 Å². The Morgan fingerprint density at radius 2 is 2.06 bits per heavy atom. The largest absolute Gasteiger partial charge is 0.481 e. The maximum absolute atomic E-state index is 12.0. The second kappa shape index (κ2) is 6.00. The molecule has 0 heterocycles. The van der Waals surface area contributed by atoms with Crippen molar-refractivity contribution >= 4 is 34.5 Å². The predicted molar refractivity (Wildman–Crippen MR) is 73.1 cm³/mol. The van der Waals surface area contributed by atoms with Crippen LogP contribution in [0.2, 0.25) is 0 Å². The smallest absolute Gasteiger partial charge is 0.305 e. The Hall–Kier alpha value is -1.11. The molecule has 0 radical (unpaired) electrons. The van der Waals surface area contributed by atoms with Crippen molar-refractivity contribution in [2.45, 2.75) is 13.3 Å². The Balaban J connectivity index is 2.74. The topological polar surface area (TPSA) is 57.6 Å². The summed E-state index contributed by atoms with van der Waals surface area (Å²) in [5.74, 6) is -1.05. The maximum Gasteiger partial charge on any atom is 0.305 e. The first-order valence-corrected chi connectivity index (χ1v) is 6.23. The lowest BCUT2D eigenvalue weighted by molar-refractivity contribution is -0.137. The van der Waals surface area contributed by atoms with Gasteiger partial charge in [0.15, 0.2) is 0 Å². The molecule has 1 aromatic carbocycles. The van der Waals surface area contributed by atoms with Gasteiger partial charge in [-0.3, -0.25) is 9.59 Å². The standard InChI is InChI=1S/C12H14INO3/c1-8-3-4-9(7-10(8)13)12(17)14(2)6-5-11(15)16/h3-4,7H,5-6H2,1-2H3,(H,15,16). The average Bonchev–Trinajstić information content (AvgIpc) is 2.28. The number of aryl methyl sites for hydroxylation is 1. The zero-order valence-corrected chi connectivity index (χ0v) is 11.9. The van der Waals surface area contributed by atoms with E-state index < -0.39 is 5.97 Å². The van der Waals surface area contributed by atoms with E-state index in [-0.39, 0.29) is 18.9 Å². The number of hydrogen-bond donors (Lipinski definition) is 1. The molecule has 4 nitrogen and oxygen atoms in total. The van der Waals surface area contributed by atoms with E-state index in [1.54, 1.807) is 13.1 Å². The number of carboxylic acids is 1. The van der Waals surface area contributed by atoms with Crippen LogP contribution in [0.5, 0.6) is 0 Å². The Labute approximate surface area is 114 Å². The van der Waals surface area contributed by atoms with Gasteiger partial charge in [0.1, 0.15) is 0 Å². The van der Waals surface area contributed by atoms with Crippen molar-refractivity contribution in [3.63, 3.8) is 0 Å². The van der Waals surface area contributed by atoms with Gasteiger partial charge in [-0.2, -0.15) is 0 Å². The van der Waals surface area contributed by atoms with Crippen LogP contribution in [0.25, 0.3) is 0 Å². The summed E-state index contributed by atoms with van der Waals surface area (Å²) in [5, 5.41) is 8.56. The van der Waals surface area contributed by atoms with Gasteiger partial charge in [-0.1, -0.05) is 6.07 Å². The van der Waals surface area contributed by atoms with Crippen molar-refractivity contribution in [2.24, 2.45) is 0 Å². The van der Waals surface area contributed by atoms with Crippen molar-refractivity contribution in [1.29, 1.82) is 0 Å². The molecular weight excluding hydrogens is 333 g/mol. The van der Waals surface area contributed by atoms with Crippen LogP contribution in [0.1, 0.15) is 22.3 Å². The van der Waals surface area contributed by atoms with E-state index in [2.05, 4.69) is 22.6 Å². The summed E-state index contributed by atoms with van der Waals surface area (Å²) in [6.45, 7) is 2.20. The van der Waals surface area contributed by atoms with Crippen LogP contribution in [0.4, 0.5) is 0 Å². The molecule has 0 saturated carbocycles. The molecule has 0 bridgehead atoms. The normalized spacial score (nSPS) is 10.1. The molecule has 0 atom stereocenters. The number of aliphatic carboxylic acids is 1. The zero-order chi connectivity index (χ0) is 13.0. The monoisotopic (exact) mass is 347 g/mol. The first-order chi connectivity index (χ1) is 7.91. The predicted octanol–water partition coefficient (Wildman–Crippen LogP) is 2.15. The molecule has 1 amide bonds. The molecule has 0 unspecified atom stereocenters. The summed E-state index contributed by atoms with van der Waals surface area (Å²) >= 11 is 2.17. The number of benzene rings is 1. The molecular formula is C12H14INO3. The van der Waals surface area contributed by atoms with Crippen LogP contribution in [0.15, 0.2) is 18.2 Å². The highest BCUT2D eigenvalue weighted by Crippen LogP contribution is 2.14. The van der Waals surface area contributed by atoms with E-state index in [9.17, 15) is 9.59 Å². The second-order valence-electron chi connectivity index (χ2n) is 3.83. The van der Waals surface area contributed by atoms with Crippen molar-refractivity contribution in [1.82, 2.24) is 4.90 Å². The number of carbonyl (C=O) groups excluding carboxylic acids is 1. The molecule has 0 fully saturated rings. The van der Waals surface area contributed by atoms with Gasteiger partial charge in [0.05, 0.1) is 6.42 Å². The zero-order valence-electron chi connectivity index (χ0n) is 9.74. The highest BCUT2D eigenvalue weighted by Gasteiger charge is 2.13. The van der Waals surface area contributed by atoms with Gasteiger partial charge in [0.25, 0.3) is 5.91 Å². The summed E-state index contributed by atoms with van der Waals surface area (Å²) in [4.78, 5) is 23.8. The summed E-state index contributed by atoms with van der Waals surface area (Å²) in [5.41, 5.74) is 1.71. The Bertz CT molecular complexity index is 445. The molecule has 17 heavy (non-hydrogen) atoms. The molecule has 92 valence electrons. The Morgan fingerprint density at radius 3 is 2.59 bits per heavy atom. The van der Waals surface area contributed by atoms with E-state index in [0.29, 0.717) is 5.56 Å². The van der Waals surface area contributed by atoms with Gasteiger partial charge in [0.2, 0.25) is 0 Å². The Morgan fingerprint density at radius 1 is 1.41 bits per heavy atom. The number of carboxylic acid groups (broad SMARTS) is 1. The van der Waals surface area contributed by atoms with Crippen LogP contribution >= 0.6 is 22.6 Å².